The topological polar surface area (TPSA) is 29.9 Å². The Hall–Kier alpha value is -1.13. The van der Waals surface area contributed by atoms with Gasteiger partial charge in [0.2, 0.25) is 0 Å². The normalized spacial score (nSPS) is 16.7. The zero-order chi connectivity index (χ0) is 13.9. The number of hydrogen-bond donors (Lipinski definition) is 1. The fraction of sp³-hybridized carbons (Fsp3) is 0.562. The number of fused-ring (bicyclic) bond motifs is 1. The van der Waals surface area contributed by atoms with E-state index in [9.17, 15) is 0 Å². The Balaban J connectivity index is 1.79. The van der Waals surface area contributed by atoms with Crippen molar-refractivity contribution in [3.05, 3.63) is 39.3 Å². The maximum absolute atomic E-state index is 4.27. The van der Waals surface area contributed by atoms with Gasteiger partial charge in [-0.3, -0.25) is 4.68 Å². The molecule has 2 aromatic rings. The van der Waals surface area contributed by atoms with Crippen LogP contribution in [0.4, 0.5) is 0 Å². The molecule has 0 aliphatic heterocycles. The van der Waals surface area contributed by atoms with Gasteiger partial charge in [0, 0.05) is 29.0 Å². The number of likely N-dealkylation sites (N-methyl/N-ethyl adjacent to an activating group) is 1. The van der Waals surface area contributed by atoms with Crippen LogP contribution in [-0.2, 0) is 26.3 Å². The molecule has 3 nitrogen and oxygen atoms in total. The molecule has 3 rings (SSSR count). The van der Waals surface area contributed by atoms with Gasteiger partial charge in [0.1, 0.15) is 0 Å². The Morgan fingerprint density at radius 3 is 2.95 bits per heavy atom. The molecule has 0 saturated carbocycles. The molecule has 0 amide bonds. The second-order valence-electron chi connectivity index (χ2n) is 5.73. The van der Waals surface area contributed by atoms with Crippen LogP contribution >= 0.6 is 11.3 Å². The van der Waals surface area contributed by atoms with Gasteiger partial charge in [0.25, 0.3) is 0 Å². The maximum atomic E-state index is 4.27. The third-order valence-electron chi connectivity index (χ3n) is 4.16. The Kier molecular flexibility index (Phi) is 4.22. The summed E-state index contributed by atoms with van der Waals surface area (Å²) < 4.78 is 1.88. The van der Waals surface area contributed by atoms with Gasteiger partial charge in [-0.2, -0.15) is 5.10 Å². The van der Waals surface area contributed by atoms with Crippen molar-refractivity contribution in [3.8, 4) is 0 Å². The van der Waals surface area contributed by atoms with E-state index in [4.69, 9.17) is 0 Å². The minimum Gasteiger partial charge on any atom is -0.312 e. The zero-order valence-electron chi connectivity index (χ0n) is 12.4. The minimum atomic E-state index is 0.413. The lowest BCUT2D eigenvalue weighted by atomic mass is 10.1. The lowest BCUT2D eigenvalue weighted by Crippen LogP contribution is -2.17. The van der Waals surface area contributed by atoms with Crippen LogP contribution in [0, 0.1) is 0 Å². The van der Waals surface area contributed by atoms with Crippen LogP contribution in [0.25, 0.3) is 0 Å². The molecule has 0 fully saturated rings. The molecule has 0 radical (unpaired) electrons. The molecule has 108 valence electrons. The van der Waals surface area contributed by atoms with Crippen molar-refractivity contribution in [2.75, 3.05) is 7.05 Å². The average Bonchev–Trinajstić information content (AvgIpc) is 2.97. The van der Waals surface area contributed by atoms with Crippen LogP contribution in [0.3, 0.4) is 0 Å². The molecular formula is C16H23N3S. The van der Waals surface area contributed by atoms with Crippen molar-refractivity contribution in [2.45, 2.75) is 44.6 Å². The smallest absolute Gasteiger partial charge is 0.0522 e. The van der Waals surface area contributed by atoms with E-state index >= 15 is 0 Å². The van der Waals surface area contributed by atoms with E-state index in [0.29, 0.717) is 6.04 Å². The summed E-state index contributed by atoms with van der Waals surface area (Å²) in [5, 5.41) is 7.74. The van der Waals surface area contributed by atoms with Crippen LogP contribution in [-0.4, -0.2) is 16.8 Å². The summed E-state index contributed by atoms with van der Waals surface area (Å²) in [4.78, 5) is 3.12. The predicted molar refractivity (Wildman–Crippen MR) is 84.3 cm³/mol. The molecule has 0 spiro atoms. The fourth-order valence-electron chi connectivity index (χ4n) is 3.02. The van der Waals surface area contributed by atoms with Crippen LogP contribution in [0.2, 0.25) is 0 Å². The predicted octanol–water partition coefficient (Wildman–Crippen LogP) is 3.25. The van der Waals surface area contributed by atoms with Crippen molar-refractivity contribution in [2.24, 2.45) is 7.05 Å². The van der Waals surface area contributed by atoms with Gasteiger partial charge in [-0.15, -0.1) is 11.3 Å². The molecule has 0 bridgehead atoms. The summed E-state index contributed by atoms with van der Waals surface area (Å²) in [7, 11) is 4.04. The van der Waals surface area contributed by atoms with E-state index in [1.54, 1.807) is 10.4 Å². The van der Waals surface area contributed by atoms with Crippen LogP contribution in [0.5, 0.6) is 0 Å². The Labute approximate surface area is 125 Å². The number of nitrogens with zero attached hydrogens (tertiary/aromatic N) is 2. The summed E-state index contributed by atoms with van der Waals surface area (Å²) in [6.07, 6.45) is 11.8. The van der Waals surface area contributed by atoms with Gasteiger partial charge in [0.05, 0.1) is 6.20 Å². The van der Waals surface area contributed by atoms with Gasteiger partial charge in [-0.05, 0) is 56.3 Å². The molecule has 1 unspecified atom stereocenters. The van der Waals surface area contributed by atoms with Gasteiger partial charge in [-0.1, -0.05) is 6.42 Å². The molecule has 0 aromatic carbocycles. The van der Waals surface area contributed by atoms with E-state index in [2.05, 4.69) is 29.7 Å². The second kappa shape index (κ2) is 6.10. The number of hydrogen-bond acceptors (Lipinski definition) is 3. The van der Waals surface area contributed by atoms with Crippen LogP contribution in [0.15, 0.2) is 18.5 Å². The third kappa shape index (κ3) is 2.96. The first kappa shape index (κ1) is 13.8. The maximum Gasteiger partial charge on any atom is 0.0522 e. The molecule has 1 atom stereocenters. The van der Waals surface area contributed by atoms with Crippen molar-refractivity contribution < 1.29 is 0 Å². The molecule has 0 saturated heterocycles. The Morgan fingerprint density at radius 1 is 1.35 bits per heavy atom. The lowest BCUT2D eigenvalue weighted by Gasteiger charge is -2.13. The van der Waals surface area contributed by atoms with Crippen molar-refractivity contribution in [1.29, 1.82) is 0 Å². The number of thiophene rings is 1. The highest BCUT2D eigenvalue weighted by molar-refractivity contribution is 7.12. The van der Waals surface area contributed by atoms with Gasteiger partial charge < -0.3 is 5.32 Å². The Morgan fingerprint density at radius 2 is 2.20 bits per heavy atom. The summed E-state index contributed by atoms with van der Waals surface area (Å²) in [6.45, 7) is 0. The summed E-state index contributed by atoms with van der Waals surface area (Å²) >= 11 is 2.02. The first-order valence-corrected chi connectivity index (χ1v) is 8.34. The number of aromatic nitrogens is 2. The van der Waals surface area contributed by atoms with Crippen molar-refractivity contribution in [1.82, 2.24) is 15.1 Å². The van der Waals surface area contributed by atoms with Crippen LogP contribution < -0.4 is 5.32 Å². The van der Waals surface area contributed by atoms with Gasteiger partial charge >= 0.3 is 0 Å². The first-order valence-electron chi connectivity index (χ1n) is 7.52. The minimum absolute atomic E-state index is 0.413. The summed E-state index contributed by atoms with van der Waals surface area (Å²) in [6, 6.07) is 2.86. The molecular weight excluding hydrogens is 266 g/mol. The molecule has 2 heterocycles. The monoisotopic (exact) mass is 289 g/mol. The molecule has 2 aromatic heterocycles. The van der Waals surface area contributed by atoms with E-state index < -0.39 is 0 Å². The van der Waals surface area contributed by atoms with E-state index in [1.165, 1.54) is 42.5 Å². The van der Waals surface area contributed by atoms with Crippen molar-refractivity contribution >= 4 is 11.3 Å². The largest absolute Gasteiger partial charge is 0.312 e. The quantitative estimate of drug-likeness (QED) is 0.876. The molecule has 1 N–H and O–H groups in total. The first-order chi connectivity index (χ1) is 9.76. The molecule has 20 heavy (non-hydrogen) atoms. The fourth-order valence-corrected chi connectivity index (χ4v) is 4.39. The standard InChI is InChI=1S/C16H23N3S/c1-17-14(8-12-10-18-19(2)11-12)16-9-13-6-4-3-5-7-15(13)20-16/h9-11,14,17H,3-8H2,1-2H3. The highest BCUT2D eigenvalue weighted by atomic mass is 32.1. The van der Waals surface area contributed by atoms with Crippen molar-refractivity contribution in [3.63, 3.8) is 0 Å². The van der Waals surface area contributed by atoms with E-state index in [0.717, 1.165) is 6.42 Å². The highest BCUT2D eigenvalue weighted by Gasteiger charge is 2.18. The highest BCUT2D eigenvalue weighted by Crippen LogP contribution is 2.33. The van der Waals surface area contributed by atoms with Crippen LogP contribution in [0.1, 0.15) is 46.2 Å². The zero-order valence-corrected chi connectivity index (χ0v) is 13.2. The van der Waals surface area contributed by atoms with Gasteiger partial charge in [0.15, 0.2) is 0 Å². The lowest BCUT2D eigenvalue weighted by molar-refractivity contribution is 0.601. The number of nitrogens with one attached hydrogen (secondary N) is 1. The number of aryl methyl sites for hydroxylation is 3. The summed E-state index contributed by atoms with van der Waals surface area (Å²) in [5.41, 5.74) is 2.91. The average molecular weight is 289 g/mol. The second-order valence-corrected chi connectivity index (χ2v) is 6.89. The third-order valence-corrected chi connectivity index (χ3v) is 5.51. The summed E-state index contributed by atoms with van der Waals surface area (Å²) in [5.74, 6) is 0. The molecule has 1 aliphatic rings. The molecule has 4 heteroatoms. The Bertz CT molecular complexity index is 547. The van der Waals surface area contributed by atoms with Gasteiger partial charge in [-0.25, -0.2) is 0 Å². The SMILES string of the molecule is CNC(Cc1cnn(C)c1)c1cc2c(s1)CCCCC2. The van der Waals surface area contributed by atoms with E-state index in [-0.39, 0.29) is 0 Å². The molecule has 1 aliphatic carbocycles. The van der Waals surface area contributed by atoms with E-state index in [1.807, 2.05) is 29.3 Å². The number of rotatable bonds is 4.